The van der Waals surface area contributed by atoms with Crippen LogP contribution in [0.2, 0.25) is 0 Å². The van der Waals surface area contributed by atoms with E-state index in [4.69, 9.17) is 0 Å². The van der Waals surface area contributed by atoms with E-state index < -0.39 is 6.36 Å². The molecule has 0 aliphatic carbocycles. The monoisotopic (exact) mass is 414 g/mol. The average Bonchev–Trinajstić information content (AvgIpc) is 3.21. The highest BCUT2D eigenvalue weighted by molar-refractivity contribution is 5.94. The number of benzene rings is 1. The Kier molecular flexibility index (Phi) is 5.08. The van der Waals surface area contributed by atoms with Gasteiger partial charge in [0.05, 0.1) is 5.56 Å². The summed E-state index contributed by atoms with van der Waals surface area (Å²) < 4.78 is 40.7. The largest absolute Gasteiger partial charge is 0.573 e. The lowest BCUT2D eigenvalue weighted by Gasteiger charge is -2.33. The molecule has 3 aromatic rings. The zero-order valence-corrected chi connectivity index (χ0v) is 15.7. The van der Waals surface area contributed by atoms with Gasteiger partial charge < -0.3 is 14.6 Å². The van der Waals surface area contributed by atoms with Crippen molar-refractivity contribution in [2.24, 2.45) is 0 Å². The lowest BCUT2D eigenvalue weighted by Crippen LogP contribution is -2.38. The number of ether oxygens (including phenoxy) is 1. The molecule has 1 aliphatic rings. The third-order valence-corrected chi connectivity index (χ3v) is 5.27. The number of halogens is 3. The summed E-state index contributed by atoms with van der Waals surface area (Å²) in [4.78, 5) is 21.7. The summed E-state index contributed by atoms with van der Waals surface area (Å²) in [5.74, 6) is -0.489. The van der Waals surface area contributed by atoms with Crippen LogP contribution in [-0.4, -0.2) is 40.2 Å². The normalized spacial score (nSPS) is 15.2. The van der Waals surface area contributed by atoms with Crippen molar-refractivity contribution in [3.8, 4) is 11.8 Å². The maximum absolute atomic E-state index is 12.7. The van der Waals surface area contributed by atoms with Gasteiger partial charge in [-0.1, -0.05) is 0 Å². The molecular formula is C21H17F3N4O2. The van der Waals surface area contributed by atoms with E-state index >= 15 is 0 Å². The van der Waals surface area contributed by atoms with E-state index in [0.717, 1.165) is 28.7 Å². The van der Waals surface area contributed by atoms with Crippen LogP contribution in [0, 0.1) is 11.3 Å². The average molecular weight is 414 g/mol. The molecule has 1 saturated heterocycles. The van der Waals surface area contributed by atoms with Gasteiger partial charge in [0.1, 0.15) is 17.5 Å². The van der Waals surface area contributed by atoms with Crippen molar-refractivity contribution in [1.82, 2.24) is 14.9 Å². The number of pyridine rings is 1. The number of carbonyl (C=O) groups is 1. The summed E-state index contributed by atoms with van der Waals surface area (Å²) in [6, 6.07) is 9.03. The Morgan fingerprint density at radius 3 is 2.53 bits per heavy atom. The van der Waals surface area contributed by atoms with Crippen molar-refractivity contribution >= 4 is 16.9 Å². The predicted octanol–water partition coefficient (Wildman–Crippen LogP) is 4.35. The number of nitrogens with one attached hydrogen (secondary N) is 1. The number of nitrogens with zero attached hydrogens (tertiary/aromatic N) is 3. The lowest BCUT2D eigenvalue weighted by atomic mass is 9.85. The Morgan fingerprint density at radius 2 is 1.90 bits per heavy atom. The molecule has 9 heteroatoms. The molecule has 0 spiro atoms. The molecule has 0 bridgehead atoms. The fourth-order valence-electron chi connectivity index (χ4n) is 3.91. The number of H-pyrrole nitrogens is 1. The Morgan fingerprint density at radius 1 is 1.20 bits per heavy atom. The first-order valence-electron chi connectivity index (χ1n) is 9.37. The number of amides is 1. The first kappa shape index (κ1) is 19.8. The van der Waals surface area contributed by atoms with E-state index in [0.29, 0.717) is 37.1 Å². The Balaban J connectivity index is 1.46. The fourth-order valence-corrected chi connectivity index (χ4v) is 3.91. The Hall–Kier alpha value is -3.54. The van der Waals surface area contributed by atoms with Gasteiger partial charge in [0.2, 0.25) is 0 Å². The third kappa shape index (κ3) is 3.94. The topological polar surface area (TPSA) is 82.0 Å². The molecule has 6 nitrogen and oxygen atoms in total. The van der Waals surface area contributed by atoms with Crippen molar-refractivity contribution in [2.45, 2.75) is 25.1 Å². The maximum atomic E-state index is 12.7. The fraction of sp³-hybridized carbons (Fsp3) is 0.286. The first-order chi connectivity index (χ1) is 14.4. The van der Waals surface area contributed by atoms with Crippen LogP contribution >= 0.6 is 0 Å². The molecule has 1 aromatic carbocycles. The summed E-state index contributed by atoms with van der Waals surface area (Å²) in [5, 5.41) is 10.4. The van der Waals surface area contributed by atoms with Crippen LogP contribution in [0.15, 0.2) is 42.7 Å². The number of rotatable bonds is 3. The van der Waals surface area contributed by atoms with E-state index in [-0.39, 0.29) is 17.6 Å². The highest BCUT2D eigenvalue weighted by atomic mass is 19.4. The van der Waals surface area contributed by atoms with E-state index in [9.17, 15) is 23.2 Å². The minimum absolute atomic E-state index is 0.118. The van der Waals surface area contributed by atoms with Gasteiger partial charge in [-0.15, -0.1) is 13.2 Å². The minimum Gasteiger partial charge on any atom is -0.406 e. The second-order valence-corrected chi connectivity index (χ2v) is 7.08. The standard InChI is InChI=1S/C21H17F3N4O2/c22-21(23,24)30-16-3-1-14(2-4-16)20(29)28-9-6-13(7-10-28)18-15(11-25)12-27-19-17(18)5-8-26-19/h1-5,8,12-13H,6-7,9-10H2,(H,26,27). The van der Waals surface area contributed by atoms with Crippen LogP contribution in [0.5, 0.6) is 5.75 Å². The molecule has 1 aliphatic heterocycles. The predicted molar refractivity (Wildman–Crippen MR) is 102 cm³/mol. The molecular weight excluding hydrogens is 397 g/mol. The number of piperidine rings is 1. The molecule has 0 saturated carbocycles. The molecule has 1 N–H and O–H groups in total. The van der Waals surface area contributed by atoms with Gasteiger partial charge in [-0.25, -0.2) is 4.98 Å². The summed E-state index contributed by atoms with van der Waals surface area (Å²) in [6.45, 7) is 0.979. The maximum Gasteiger partial charge on any atom is 0.573 e. The number of aromatic nitrogens is 2. The lowest BCUT2D eigenvalue weighted by molar-refractivity contribution is -0.274. The Bertz CT molecular complexity index is 1110. The van der Waals surface area contributed by atoms with Crippen molar-refractivity contribution in [3.63, 3.8) is 0 Å². The highest BCUT2D eigenvalue weighted by Gasteiger charge is 2.31. The SMILES string of the molecule is N#Cc1cnc2[nH]ccc2c1C1CCN(C(=O)c2ccc(OC(F)(F)F)cc2)CC1. The van der Waals surface area contributed by atoms with E-state index in [1.165, 1.54) is 12.1 Å². The zero-order valence-electron chi connectivity index (χ0n) is 15.7. The van der Waals surface area contributed by atoms with Gasteiger partial charge in [-0.3, -0.25) is 4.79 Å². The van der Waals surface area contributed by atoms with Gasteiger partial charge in [-0.05, 0) is 54.7 Å². The minimum atomic E-state index is -4.77. The third-order valence-electron chi connectivity index (χ3n) is 5.27. The van der Waals surface area contributed by atoms with Crippen molar-refractivity contribution in [3.05, 3.63) is 59.4 Å². The smallest absolute Gasteiger partial charge is 0.406 e. The van der Waals surface area contributed by atoms with E-state index in [1.54, 1.807) is 17.3 Å². The second-order valence-electron chi connectivity index (χ2n) is 7.08. The molecule has 1 fully saturated rings. The van der Waals surface area contributed by atoms with E-state index in [1.807, 2.05) is 6.07 Å². The van der Waals surface area contributed by atoms with E-state index in [2.05, 4.69) is 20.8 Å². The van der Waals surface area contributed by atoms with Crippen LogP contribution < -0.4 is 4.74 Å². The quantitative estimate of drug-likeness (QED) is 0.691. The van der Waals surface area contributed by atoms with Gasteiger partial charge in [0.25, 0.3) is 5.91 Å². The first-order valence-corrected chi connectivity index (χ1v) is 9.37. The summed E-state index contributed by atoms with van der Waals surface area (Å²) >= 11 is 0. The van der Waals surface area contributed by atoms with Crippen LogP contribution in [-0.2, 0) is 0 Å². The number of carbonyl (C=O) groups excluding carboxylic acids is 1. The van der Waals surface area contributed by atoms with Crippen molar-refractivity contribution < 1.29 is 22.7 Å². The highest BCUT2D eigenvalue weighted by Crippen LogP contribution is 2.35. The number of hydrogen-bond donors (Lipinski definition) is 1. The molecule has 2 aromatic heterocycles. The second kappa shape index (κ2) is 7.71. The molecule has 0 unspecified atom stereocenters. The molecule has 154 valence electrons. The van der Waals surface area contributed by atoms with Crippen LogP contribution in [0.4, 0.5) is 13.2 Å². The molecule has 1 amide bonds. The van der Waals surface area contributed by atoms with Crippen LogP contribution in [0.1, 0.15) is 40.2 Å². The molecule has 0 atom stereocenters. The number of hydrogen-bond acceptors (Lipinski definition) is 4. The summed E-state index contributed by atoms with van der Waals surface area (Å²) in [7, 11) is 0. The van der Waals surface area contributed by atoms with Gasteiger partial charge >= 0.3 is 6.36 Å². The molecule has 0 radical (unpaired) electrons. The zero-order chi connectivity index (χ0) is 21.3. The van der Waals surface area contributed by atoms with Crippen LogP contribution in [0.3, 0.4) is 0 Å². The van der Waals surface area contributed by atoms with Crippen molar-refractivity contribution in [1.29, 1.82) is 5.26 Å². The number of fused-ring (bicyclic) bond motifs is 1. The van der Waals surface area contributed by atoms with Crippen LogP contribution in [0.25, 0.3) is 11.0 Å². The molecule has 3 heterocycles. The number of aromatic amines is 1. The van der Waals surface area contributed by atoms with Gasteiger partial charge in [0.15, 0.2) is 0 Å². The molecule has 4 rings (SSSR count). The number of likely N-dealkylation sites (tertiary alicyclic amines) is 1. The summed E-state index contributed by atoms with van der Waals surface area (Å²) in [5.41, 5.74) is 2.51. The summed E-state index contributed by atoms with van der Waals surface area (Å²) in [6.07, 6.45) is -0.0586. The molecule has 30 heavy (non-hydrogen) atoms. The Labute approximate surface area is 169 Å². The van der Waals surface area contributed by atoms with Gasteiger partial charge in [0, 0.05) is 36.4 Å². The van der Waals surface area contributed by atoms with Gasteiger partial charge in [-0.2, -0.15) is 5.26 Å². The number of nitriles is 1. The number of alkyl halides is 3. The van der Waals surface area contributed by atoms with Crippen molar-refractivity contribution in [2.75, 3.05) is 13.1 Å².